The van der Waals surface area contributed by atoms with Crippen molar-refractivity contribution in [2.45, 2.75) is 52.9 Å². The van der Waals surface area contributed by atoms with Crippen molar-refractivity contribution in [3.8, 4) is 0 Å². The predicted octanol–water partition coefficient (Wildman–Crippen LogP) is 3.25. The summed E-state index contributed by atoms with van der Waals surface area (Å²) < 4.78 is 0. The van der Waals surface area contributed by atoms with Crippen LogP contribution in [0.4, 0.5) is 4.79 Å². The fourth-order valence-electron chi connectivity index (χ4n) is 2.51. The van der Waals surface area contributed by atoms with Gasteiger partial charge in [0.05, 0.1) is 0 Å². The summed E-state index contributed by atoms with van der Waals surface area (Å²) in [4.78, 5) is 13.7. The Kier molecular flexibility index (Phi) is 5.29. The predicted molar refractivity (Wildman–Crippen MR) is 72.1 cm³/mol. The van der Waals surface area contributed by atoms with Crippen molar-refractivity contribution in [2.24, 2.45) is 11.3 Å². The molecule has 1 N–H and O–H groups in total. The van der Waals surface area contributed by atoms with Crippen molar-refractivity contribution in [2.75, 3.05) is 20.1 Å². The number of amides is 2. The SMILES string of the molecule is CCC(C)CN(C)C(=O)NCC1(C)CCCC1. The molecule has 3 nitrogen and oxygen atoms in total. The average molecular weight is 240 g/mol. The normalized spacial score (nSPS) is 20.0. The lowest BCUT2D eigenvalue weighted by atomic mass is 9.89. The number of hydrogen-bond acceptors (Lipinski definition) is 1. The number of carbonyl (C=O) groups is 1. The van der Waals surface area contributed by atoms with Gasteiger partial charge in [0, 0.05) is 20.1 Å². The van der Waals surface area contributed by atoms with E-state index in [9.17, 15) is 4.79 Å². The molecule has 3 heteroatoms. The van der Waals surface area contributed by atoms with E-state index in [1.54, 1.807) is 0 Å². The summed E-state index contributed by atoms with van der Waals surface area (Å²) in [6.45, 7) is 8.31. The van der Waals surface area contributed by atoms with E-state index < -0.39 is 0 Å². The Bertz CT molecular complexity index is 247. The first-order chi connectivity index (χ1) is 7.97. The minimum absolute atomic E-state index is 0.0819. The number of urea groups is 1. The van der Waals surface area contributed by atoms with E-state index >= 15 is 0 Å². The number of carbonyl (C=O) groups excluding carboxylic acids is 1. The quantitative estimate of drug-likeness (QED) is 0.786. The van der Waals surface area contributed by atoms with E-state index in [4.69, 9.17) is 0 Å². The number of nitrogens with one attached hydrogen (secondary N) is 1. The Morgan fingerprint density at radius 3 is 2.53 bits per heavy atom. The fraction of sp³-hybridized carbons (Fsp3) is 0.929. The second-order valence-electron chi connectivity index (χ2n) is 6.07. The molecule has 1 unspecified atom stereocenters. The lowest BCUT2D eigenvalue weighted by molar-refractivity contribution is 0.194. The standard InChI is InChI=1S/C14H28N2O/c1-5-12(2)10-16(4)13(17)15-11-14(3)8-6-7-9-14/h12H,5-11H2,1-4H3,(H,15,17). The van der Waals surface area contributed by atoms with Gasteiger partial charge in [0.1, 0.15) is 0 Å². The minimum atomic E-state index is 0.0819. The Morgan fingerprint density at radius 1 is 1.41 bits per heavy atom. The molecule has 2 amide bonds. The molecular weight excluding hydrogens is 212 g/mol. The van der Waals surface area contributed by atoms with Crippen molar-refractivity contribution in [3.63, 3.8) is 0 Å². The molecule has 0 heterocycles. The Balaban J connectivity index is 2.28. The van der Waals surface area contributed by atoms with Crippen LogP contribution >= 0.6 is 0 Å². The summed E-state index contributed by atoms with van der Waals surface area (Å²) in [6, 6.07) is 0.0819. The molecule has 0 aliphatic heterocycles. The van der Waals surface area contributed by atoms with E-state index in [-0.39, 0.29) is 6.03 Å². The molecular formula is C14H28N2O. The molecule has 1 atom stereocenters. The Morgan fingerprint density at radius 2 is 2.00 bits per heavy atom. The van der Waals surface area contributed by atoms with Crippen LogP contribution in [-0.4, -0.2) is 31.1 Å². The summed E-state index contributed by atoms with van der Waals surface area (Å²) in [5.74, 6) is 0.577. The fourth-order valence-corrected chi connectivity index (χ4v) is 2.51. The molecule has 0 bridgehead atoms. The molecule has 0 saturated heterocycles. The highest BCUT2D eigenvalue weighted by atomic mass is 16.2. The molecule has 1 aliphatic carbocycles. The Hall–Kier alpha value is -0.730. The van der Waals surface area contributed by atoms with E-state index in [1.807, 2.05) is 11.9 Å². The van der Waals surface area contributed by atoms with Gasteiger partial charge in [0.25, 0.3) is 0 Å². The topological polar surface area (TPSA) is 32.3 Å². The molecule has 0 aromatic carbocycles. The third-order valence-corrected chi connectivity index (χ3v) is 4.11. The second kappa shape index (κ2) is 6.27. The zero-order valence-corrected chi connectivity index (χ0v) is 11.9. The van der Waals surface area contributed by atoms with Crippen LogP contribution in [0.3, 0.4) is 0 Å². The minimum Gasteiger partial charge on any atom is -0.337 e. The van der Waals surface area contributed by atoms with Gasteiger partial charge in [-0.2, -0.15) is 0 Å². The third kappa shape index (κ3) is 4.57. The first-order valence-electron chi connectivity index (χ1n) is 6.96. The van der Waals surface area contributed by atoms with Gasteiger partial charge in [-0.1, -0.05) is 40.0 Å². The van der Waals surface area contributed by atoms with E-state index in [1.165, 1.54) is 25.7 Å². The average Bonchev–Trinajstić information content (AvgIpc) is 2.73. The van der Waals surface area contributed by atoms with Gasteiger partial charge >= 0.3 is 6.03 Å². The summed E-state index contributed by atoms with van der Waals surface area (Å²) in [5.41, 5.74) is 0.340. The van der Waals surface area contributed by atoms with Crippen molar-refractivity contribution in [1.82, 2.24) is 10.2 Å². The van der Waals surface area contributed by atoms with Crippen LogP contribution in [0.25, 0.3) is 0 Å². The molecule has 1 saturated carbocycles. The van der Waals surface area contributed by atoms with Crippen LogP contribution < -0.4 is 5.32 Å². The smallest absolute Gasteiger partial charge is 0.317 e. The van der Waals surface area contributed by atoms with Gasteiger partial charge in [-0.3, -0.25) is 0 Å². The van der Waals surface area contributed by atoms with E-state index in [0.29, 0.717) is 11.3 Å². The van der Waals surface area contributed by atoms with Gasteiger partial charge in [-0.05, 0) is 24.2 Å². The highest BCUT2D eigenvalue weighted by Crippen LogP contribution is 2.36. The van der Waals surface area contributed by atoms with Crippen LogP contribution in [0.5, 0.6) is 0 Å². The molecule has 0 aromatic heterocycles. The lowest BCUT2D eigenvalue weighted by Gasteiger charge is -2.27. The van der Waals surface area contributed by atoms with Gasteiger partial charge < -0.3 is 10.2 Å². The molecule has 0 radical (unpaired) electrons. The van der Waals surface area contributed by atoms with E-state index in [2.05, 4.69) is 26.1 Å². The second-order valence-corrected chi connectivity index (χ2v) is 6.07. The number of hydrogen-bond donors (Lipinski definition) is 1. The number of nitrogens with zero attached hydrogens (tertiary/aromatic N) is 1. The maximum absolute atomic E-state index is 11.9. The van der Waals surface area contributed by atoms with Gasteiger partial charge in [0.15, 0.2) is 0 Å². The Labute approximate surface area is 106 Å². The highest BCUT2D eigenvalue weighted by molar-refractivity contribution is 5.73. The van der Waals surface area contributed by atoms with Crippen molar-refractivity contribution in [1.29, 1.82) is 0 Å². The van der Waals surface area contributed by atoms with Gasteiger partial charge in [-0.25, -0.2) is 4.79 Å². The number of rotatable bonds is 5. The van der Waals surface area contributed by atoms with Gasteiger partial charge in [0.2, 0.25) is 0 Å². The van der Waals surface area contributed by atoms with Crippen molar-refractivity contribution in [3.05, 3.63) is 0 Å². The van der Waals surface area contributed by atoms with Crippen molar-refractivity contribution >= 4 is 6.03 Å². The van der Waals surface area contributed by atoms with Crippen LogP contribution in [0.15, 0.2) is 0 Å². The summed E-state index contributed by atoms with van der Waals surface area (Å²) in [5, 5.41) is 3.08. The first kappa shape index (κ1) is 14.3. The summed E-state index contributed by atoms with van der Waals surface area (Å²) >= 11 is 0. The highest BCUT2D eigenvalue weighted by Gasteiger charge is 2.29. The van der Waals surface area contributed by atoms with Gasteiger partial charge in [-0.15, -0.1) is 0 Å². The lowest BCUT2D eigenvalue weighted by Crippen LogP contribution is -2.43. The molecule has 1 fully saturated rings. The maximum Gasteiger partial charge on any atom is 0.317 e. The van der Waals surface area contributed by atoms with Crippen LogP contribution in [0.2, 0.25) is 0 Å². The molecule has 100 valence electrons. The molecule has 0 spiro atoms. The zero-order valence-electron chi connectivity index (χ0n) is 11.9. The first-order valence-corrected chi connectivity index (χ1v) is 6.96. The van der Waals surface area contributed by atoms with Crippen LogP contribution in [0, 0.1) is 11.3 Å². The summed E-state index contributed by atoms with van der Waals surface area (Å²) in [7, 11) is 1.89. The third-order valence-electron chi connectivity index (χ3n) is 4.11. The van der Waals surface area contributed by atoms with E-state index in [0.717, 1.165) is 19.5 Å². The van der Waals surface area contributed by atoms with Crippen LogP contribution in [0.1, 0.15) is 52.9 Å². The largest absolute Gasteiger partial charge is 0.337 e. The van der Waals surface area contributed by atoms with Crippen LogP contribution in [-0.2, 0) is 0 Å². The molecule has 0 aromatic rings. The maximum atomic E-state index is 11.9. The zero-order chi connectivity index (χ0) is 12.9. The van der Waals surface area contributed by atoms with Crippen molar-refractivity contribution < 1.29 is 4.79 Å². The summed E-state index contributed by atoms with van der Waals surface area (Å²) in [6.07, 6.45) is 6.25. The monoisotopic (exact) mass is 240 g/mol. The molecule has 17 heavy (non-hydrogen) atoms. The molecule has 1 aliphatic rings. The molecule has 1 rings (SSSR count).